The topological polar surface area (TPSA) is 77.1 Å². The number of amides is 1. The van der Waals surface area contributed by atoms with Crippen LogP contribution in [0.4, 0.5) is 11.4 Å². The molecule has 1 amide bonds. The van der Waals surface area contributed by atoms with Crippen molar-refractivity contribution in [1.82, 2.24) is 19.9 Å². The van der Waals surface area contributed by atoms with Gasteiger partial charge in [-0.25, -0.2) is 4.98 Å². The maximum absolute atomic E-state index is 12.8. The molecule has 0 bridgehead atoms. The zero-order chi connectivity index (χ0) is 22.1. The number of hydrogen-bond acceptors (Lipinski definition) is 5. The van der Waals surface area contributed by atoms with Gasteiger partial charge in [0.2, 0.25) is 0 Å². The lowest BCUT2D eigenvalue weighted by Crippen LogP contribution is -2.31. The Morgan fingerprint density at radius 2 is 1.97 bits per heavy atom. The third-order valence-electron chi connectivity index (χ3n) is 6.04. The molecule has 2 N–H and O–H groups in total. The van der Waals surface area contributed by atoms with Gasteiger partial charge in [0.15, 0.2) is 5.82 Å². The van der Waals surface area contributed by atoms with Crippen LogP contribution in [0.2, 0.25) is 0 Å². The molecular weight excluding hydrogens is 400 g/mol. The average molecular weight is 427 g/mol. The Morgan fingerprint density at radius 1 is 1.12 bits per heavy atom. The summed E-state index contributed by atoms with van der Waals surface area (Å²) < 4.78 is 0. The number of anilines is 2. The van der Waals surface area contributed by atoms with Crippen LogP contribution < -0.4 is 10.2 Å². The Morgan fingerprint density at radius 3 is 2.69 bits per heavy atom. The van der Waals surface area contributed by atoms with E-state index in [-0.39, 0.29) is 5.91 Å². The highest BCUT2D eigenvalue weighted by Gasteiger charge is 2.24. The van der Waals surface area contributed by atoms with Crippen LogP contribution in [0, 0.1) is 0 Å². The monoisotopic (exact) mass is 426 g/mol. The molecule has 7 nitrogen and oxygen atoms in total. The molecule has 1 aliphatic heterocycles. The van der Waals surface area contributed by atoms with Crippen molar-refractivity contribution in [2.45, 2.75) is 12.5 Å². The van der Waals surface area contributed by atoms with Gasteiger partial charge in [0.25, 0.3) is 5.91 Å². The first-order chi connectivity index (χ1) is 15.6. The van der Waals surface area contributed by atoms with Crippen LogP contribution in [-0.2, 0) is 0 Å². The maximum Gasteiger partial charge on any atom is 0.255 e. The van der Waals surface area contributed by atoms with E-state index in [4.69, 9.17) is 0 Å². The number of pyridine rings is 1. The summed E-state index contributed by atoms with van der Waals surface area (Å²) in [6.07, 6.45) is 2.90. The summed E-state index contributed by atoms with van der Waals surface area (Å²) in [6, 6.07) is 19.8. The van der Waals surface area contributed by atoms with Crippen molar-refractivity contribution < 1.29 is 4.79 Å². The third-order valence-corrected chi connectivity index (χ3v) is 6.04. The second-order valence-corrected chi connectivity index (χ2v) is 8.39. The minimum Gasteiger partial charge on any atom is -0.370 e. The van der Waals surface area contributed by atoms with E-state index in [0.29, 0.717) is 17.4 Å². The Balaban J connectivity index is 1.28. The van der Waals surface area contributed by atoms with Crippen LogP contribution in [0.25, 0.3) is 22.6 Å². The Hall–Kier alpha value is -3.71. The van der Waals surface area contributed by atoms with Crippen LogP contribution in [0.3, 0.4) is 0 Å². The molecule has 1 unspecified atom stereocenters. The Kier molecular flexibility index (Phi) is 5.33. The molecule has 7 heteroatoms. The first-order valence-electron chi connectivity index (χ1n) is 10.8. The van der Waals surface area contributed by atoms with E-state index in [1.165, 1.54) is 12.1 Å². The fourth-order valence-corrected chi connectivity index (χ4v) is 4.13. The maximum atomic E-state index is 12.8. The Labute approximate surface area is 187 Å². The second-order valence-electron chi connectivity index (χ2n) is 8.39. The fraction of sp³-hybridized carbons (Fsp3) is 0.240. The number of aromatic amines is 1. The molecule has 0 saturated carbocycles. The zero-order valence-corrected chi connectivity index (χ0v) is 18.2. The highest BCUT2D eigenvalue weighted by Crippen LogP contribution is 2.25. The van der Waals surface area contributed by atoms with Gasteiger partial charge in [-0.05, 0) is 75.1 Å². The first kappa shape index (κ1) is 20.2. The van der Waals surface area contributed by atoms with Gasteiger partial charge < -0.3 is 20.1 Å². The number of fused-ring (bicyclic) bond motifs is 1. The summed E-state index contributed by atoms with van der Waals surface area (Å²) in [7, 11) is 4.26. The minimum absolute atomic E-state index is 0.157. The molecule has 2 aromatic heterocycles. The molecule has 5 rings (SSSR count). The third kappa shape index (κ3) is 4.07. The van der Waals surface area contributed by atoms with Crippen molar-refractivity contribution in [2.24, 2.45) is 0 Å². The van der Waals surface area contributed by atoms with Crippen LogP contribution in [0.5, 0.6) is 0 Å². The number of nitrogens with one attached hydrogen (secondary N) is 2. The zero-order valence-electron chi connectivity index (χ0n) is 18.2. The summed E-state index contributed by atoms with van der Waals surface area (Å²) in [5.41, 5.74) is 4.90. The van der Waals surface area contributed by atoms with E-state index < -0.39 is 0 Å². The molecule has 1 fully saturated rings. The molecule has 1 aliphatic rings. The number of H-pyrrole nitrogens is 1. The molecule has 0 aliphatic carbocycles. The lowest BCUT2D eigenvalue weighted by Gasteiger charge is -2.22. The van der Waals surface area contributed by atoms with Gasteiger partial charge in [0.1, 0.15) is 5.69 Å². The summed E-state index contributed by atoms with van der Waals surface area (Å²) in [5, 5.41) is 2.99. The lowest BCUT2D eigenvalue weighted by atomic mass is 10.2. The second kappa shape index (κ2) is 8.43. The highest BCUT2D eigenvalue weighted by atomic mass is 16.1. The summed E-state index contributed by atoms with van der Waals surface area (Å²) in [6.45, 7) is 2.08. The minimum atomic E-state index is -0.157. The van der Waals surface area contributed by atoms with Crippen LogP contribution in [0.15, 0.2) is 66.9 Å². The SMILES string of the molecule is CN(C)C1CCN(c2ccc(NC(=O)c3ccc4[nH]c(-c5ccccn5)nc4c3)cc2)C1. The quantitative estimate of drug-likeness (QED) is 0.504. The van der Waals surface area contributed by atoms with Gasteiger partial charge in [0.05, 0.1) is 11.0 Å². The summed E-state index contributed by atoms with van der Waals surface area (Å²) >= 11 is 0. The number of likely N-dealkylation sites (N-methyl/N-ethyl adjacent to an activating group) is 1. The van der Waals surface area contributed by atoms with E-state index in [1.807, 2.05) is 36.4 Å². The molecule has 4 aromatic rings. The number of hydrogen-bond donors (Lipinski definition) is 2. The molecule has 2 aromatic carbocycles. The molecule has 3 heterocycles. The average Bonchev–Trinajstić information content (AvgIpc) is 3.47. The molecule has 1 atom stereocenters. The molecule has 162 valence electrons. The number of carbonyl (C=O) groups excluding carboxylic acids is 1. The predicted octanol–water partition coefficient (Wildman–Crippen LogP) is 4.02. The normalized spacial score (nSPS) is 16.1. The standard InChI is InChI=1S/C25H26N6O/c1-30(2)20-12-14-31(16-20)19-9-7-18(8-10-19)27-25(32)17-6-11-21-23(15-17)29-24(28-21)22-5-3-4-13-26-22/h3-11,13,15,20H,12,14,16H2,1-2H3,(H,27,32)(H,28,29). The van der Waals surface area contributed by atoms with Crippen molar-refractivity contribution in [3.8, 4) is 11.5 Å². The van der Waals surface area contributed by atoms with Crippen molar-refractivity contribution in [1.29, 1.82) is 0 Å². The largest absolute Gasteiger partial charge is 0.370 e. The van der Waals surface area contributed by atoms with Crippen LogP contribution in [-0.4, -0.2) is 59.0 Å². The van der Waals surface area contributed by atoms with Crippen molar-refractivity contribution in [2.75, 3.05) is 37.4 Å². The molecule has 32 heavy (non-hydrogen) atoms. The molecular formula is C25H26N6O. The van der Waals surface area contributed by atoms with Gasteiger partial charge in [-0.15, -0.1) is 0 Å². The molecule has 0 radical (unpaired) electrons. The van der Waals surface area contributed by atoms with Gasteiger partial charge in [0, 0.05) is 42.3 Å². The smallest absolute Gasteiger partial charge is 0.255 e. The number of nitrogens with zero attached hydrogens (tertiary/aromatic N) is 4. The van der Waals surface area contributed by atoms with E-state index >= 15 is 0 Å². The highest BCUT2D eigenvalue weighted by molar-refractivity contribution is 6.06. The number of imidazole rings is 1. The van der Waals surface area contributed by atoms with E-state index in [2.05, 4.69) is 56.3 Å². The van der Waals surface area contributed by atoms with Gasteiger partial charge >= 0.3 is 0 Å². The van der Waals surface area contributed by atoms with Crippen molar-refractivity contribution in [3.63, 3.8) is 0 Å². The van der Waals surface area contributed by atoms with Gasteiger partial charge in [-0.1, -0.05) is 6.07 Å². The van der Waals surface area contributed by atoms with Crippen LogP contribution in [0.1, 0.15) is 16.8 Å². The van der Waals surface area contributed by atoms with Crippen molar-refractivity contribution >= 4 is 28.3 Å². The van der Waals surface area contributed by atoms with E-state index in [1.54, 1.807) is 18.3 Å². The Bertz CT molecular complexity index is 1230. The van der Waals surface area contributed by atoms with Gasteiger partial charge in [-0.3, -0.25) is 9.78 Å². The summed E-state index contributed by atoms with van der Waals surface area (Å²) in [4.78, 5) is 29.7. The van der Waals surface area contributed by atoms with Gasteiger partial charge in [-0.2, -0.15) is 0 Å². The molecule has 1 saturated heterocycles. The lowest BCUT2D eigenvalue weighted by molar-refractivity contribution is 0.102. The summed E-state index contributed by atoms with van der Waals surface area (Å²) in [5.74, 6) is 0.531. The van der Waals surface area contributed by atoms with E-state index in [9.17, 15) is 4.79 Å². The van der Waals surface area contributed by atoms with E-state index in [0.717, 1.165) is 35.5 Å². The number of aromatic nitrogens is 3. The number of carbonyl (C=O) groups is 1. The first-order valence-corrected chi connectivity index (χ1v) is 10.8. The fourth-order valence-electron chi connectivity index (χ4n) is 4.13. The number of rotatable bonds is 5. The number of benzene rings is 2. The van der Waals surface area contributed by atoms with Crippen molar-refractivity contribution in [3.05, 3.63) is 72.4 Å². The van der Waals surface area contributed by atoms with Crippen LogP contribution >= 0.6 is 0 Å². The molecule has 0 spiro atoms. The predicted molar refractivity (Wildman–Crippen MR) is 128 cm³/mol.